The van der Waals surface area contributed by atoms with Crippen molar-refractivity contribution in [3.63, 3.8) is 0 Å². The summed E-state index contributed by atoms with van der Waals surface area (Å²) in [6.07, 6.45) is 5.15. The van der Waals surface area contributed by atoms with Crippen LogP contribution in [0.2, 0.25) is 0 Å². The Kier molecular flexibility index (Phi) is 6.72. The fourth-order valence-corrected chi connectivity index (χ4v) is 4.60. The molecule has 1 aliphatic rings. The largest absolute Gasteiger partial charge is 0.496 e. The summed E-state index contributed by atoms with van der Waals surface area (Å²) in [5.74, 6) is 4.49. The molecule has 0 amide bonds. The van der Waals surface area contributed by atoms with Crippen LogP contribution in [0.1, 0.15) is 24.8 Å². The van der Waals surface area contributed by atoms with E-state index >= 15 is 0 Å². The van der Waals surface area contributed by atoms with Gasteiger partial charge in [0.1, 0.15) is 5.75 Å². The average molecular weight is 358 g/mol. The molecular formula is C16H24BrNOS. The second-order valence-corrected chi connectivity index (χ2v) is 7.53. The molecule has 1 atom stereocenters. The van der Waals surface area contributed by atoms with Crippen molar-refractivity contribution >= 4 is 27.7 Å². The topological polar surface area (TPSA) is 21.3 Å². The van der Waals surface area contributed by atoms with Gasteiger partial charge in [-0.2, -0.15) is 11.8 Å². The summed E-state index contributed by atoms with van der Waals surface area (Å²) in [7, 11) is 3.79. The fraction of sp³-hybridized carbons (Fsp3) is 0.625. The summed E-state index contributed by atoms with van der Waals surface area (Å²) < 4.78 is 6.33. The highest BCUT2D eigenvalue weighted by atomic mass is 79.9. The Morgan fingerprint density at radius 2 is 2.15 bits per heavy atom. The molecule has 0 aromatic heterocycles. The van der Waals surface area contributed by atoms with Crippen molar-refractivity contribution in [2.45, 2.75) is 31.7 Å². The van der Waals surface area contributed by atoms with Gasteiger partial charge in [-0.05, 0) is 83.8 Å². The highest BCUT2D eigenvalue weighted by Crippen LogP contribution is 2.29. The maximum atomic E-state index is 5.29. The first-order chi connectivity index (χ1) is 9.72. The molecule has 20 heavy (non-hydrogen) atoms. The van der Waals surface area contributed by atoms with Crippen LogP contribution in [-0.2, 0) is 6.42 Å². The molecule has 112 valence electrons. The highest BCUT2D eigenvalue weighted by Gasteiger charge is 2.18. The van der Waals surface area contributed by atoms with Crippen molar-refractivity contribution in [3.8, 4) is 5.75 Å². The molecule has 0 radical (unpaired) electrons. The summed E-state index contributed by atoms with van der Waals surface area (Å²) in [6, 6.07) is 6.97. The molecule has 2 nitrogen and oxygen atoms in total. The lowest BCUT2D eigenvalue weighted by Crippen LogP contribution is -2.31. The third kappa shape index (κ3) is 4.68. The minimum absolute atomic E-state index is 0.573. The van der Waals surface area contributed by atoms with Crippen LogP contribution in [0.3, 0.4) is 0 Å². The van der Waals surface area contributed by atoms with Crippen LogP contribution in [0, 0.1) is 5.92 Å². The zero-order valence-electron chi connectivity index (χ0n) is 12.3. The molecule has 1 aromatic rings. The van der Waals surface area contributed by atoms with Crippen LogP contribution in [0.15, 0.2) is 22.7 Å². The SMILES string of the molecule is CNC(Cc1ccc(OC)c(Br)c1)CC1CCSCC1. The number of hydrogen-bond acceptors (Lipinski definition) is 3. The van der Waals surface area contributed by atoms with Crippen molar-refractivity contribution in [1.29, 1.82) is 0 Å². The van der Waals surface area contributed by atoms with E-state index in [9.17, 15) is 0 Å². The van der Waals surface area contributed by atoms with E-state index in [4.69, 9.17) is 4.74 Å². The fourth-order valence-electron chi connectivity index (χ4n) is 2.81. The lowest BCUT2D eigenvalue weighted by atomic mass is 9.91. The number of nitrogens with one attached hydrogen (secondary N) is 1. The molecular weight excluding hydrogens is 334 g/mol. The molecule has 0 saturated carbocycles. The Morgan fingerprint density at radius 3 is 2.75 bits per heavy atom. The quantitative estimate of drug-likeness (QED) is 0.827. The number of methoxy groups -OCH3 is 1. The van der Waals surface area contributed by atoms with Gasteiger partial charge >= 0.3 is 0 Å². The maximum absolute atomic E-state index is 5.29. The smallest absolute Gasteiger partial charge is 0.133 e. The Balaban J connectivity index is 1.93. The van der Waals surface area contributed by atoms with Gasteiger partial charge in [-0.3, -0.25) is 0 Å². The number of rotatable bonds is 6. The number of hydrogen-bond donors (Lipinski definition) is 1. The lowest BCUT2D eigenvalue weighted by molar-refractivity contribution is 0.376. The first-order valence-electron chi connectivity index (χ1n) is 7.30. The average Bonchev–Trinajstić information content (AvgIpc) is 2.48. The van der Waals surface area contributed by atoms with Crippen LogP contribution < -0.4 is 10.1 Å². The van der Waals surface area contributed by atoms with Crippen molar-refractivity contribution in [2.75, 3.05) is 25.7 Å². The highest BCUT2D eigenvalue weighted by molar-refractivity contribution is 9.10. The number of benzene rings is 1. The van der Waals surface area contributed by atoms with Gasteiger partial charge in [-0.25, -0.2) is 0 Å². The second kappa shape index (κ2) is 8.30. The number of likely N-dealkylation sites (N-methyl/N-ethyl adjacent to an activating group) is 1. The number of thioether (sulfide) groups is 1. The van der Waals surface area contributed by atoms with E-state index in [-0.39, 0.29) is 0 Å². The van der Waals surface area contributed by atoms with E-state index in [1.807, 2.05) is 6.07 Å². The Labute approximate surface area is 135 Å². The van der Waals surface area contributed by atoms with Gasteiger partial charge in [0, 0.05) is 6.04 Å². The van der Waals surface area contributed by atoms with Gasteiger partial charge in [0.2, 0.25) is 0 Å². The molecule has 2 rings (SSSR count). The molecule has 0 spiro atoms. The summed E-state index contributed by atoms with van der Waals surface area (Å²) >= 11 is 5.67. The molecule has 0 bridgehead atoms. The van der Waals surface area contributed by atoms with Gasteiger partial charge in [0.05, 0.1) is 11.6 Å². The van der Waals surface area contributed by atoms with E-state index in [0.29, 0.717) is 6.04 Å². The molecule has 1 saturated heterocycles. The van der Waals surface area contributed by atoms with E-state index in [0.717, 1.165) is 22.6 Å². The third-order valence-electron chi connectivity index (χ3n) is 4.07. The zero-order chi connectivity index (χ0) is 14.4. The molecule has 4 heteroatoms. The number of halogens is 1. The molecule has 1 aromatic carbocycles. The van der Waals surface area contributed by atoms with E-state index in [2.05, 4.69) is 52.2 Å². The zero-order valence-corrected chi connectivity index (χ0v) is 14.7. The Hall–Kier alpha value is -0.190. The Bertz CT molecular complexity index is 421. The summed E-state index contributed by atoms with van der Waals surface area (Å²) in [6.45, 7) is 0. The molecule has 0 aliphatic carbocycles. The summed E-state index contributed by atoms with van der Waals surface area (Å²) in [5.41, 5.74) is 1.36. The van der Waals surface area contributed by atoms with Gasteiger partial charge < -0.3 is 10.1 Å². The standard InChI is InChI=1S/C16H24BrNOS/c1-18-14(9-12-5-7-20-8-6-12)10-13-3-4-16(19-2)15(17)11-13/h3-4,11-12,14,18H,5-10H2,1-2H3. The van der Waals surface area contributed by atoms with E-state index < -0.39 is 0 Å². The second-order valence-electron chi connectivity index (χ2n) is 5.45. The first kappa shape index (κ1) is 16.2. The van der Waals surface area contributed by atoms with Crippen molar-refractivity contribution in [3.05, 3.63) is 28.2 Å². The van der Waals surface area contributed by atoms with E-state index in [1.165, 1.54) is 36.3 Å². The molecule has 1 fully saturated rings. The third-order valence-corrected chi connectivity index (χ3v) is 5.73. The normalized spacial score (nSPS) is 17.9. The molecule has 1 N–H and O–H groups in total. The summed E-state index contributed by atoms with van der Waals surface area (Å²) in [5, 5.41) is 3.49. The van der Waals surface area contributed by atoms with Gasteiger partial charge in [-0.1, -0.05) is 6.07 Å². The van der Waals surface area contributed by atoms with Gasteiger partial charge in [0.25, 0.3) is 0 Å². The Morgan fingerprint density at radius 1 is 1.40 bits per heavy atom. The predicted molar refractivity (Wildman–Crippen MR) is 91.9 cm³/mol. The lowest BCUT2D eigenvalue weighted by Gasteiger charge is -2.26. The van der Waals surface area contributed by atoms with Crippen LogP contribution >= 0.6 is 27.7 Å². The van der Waals surface area contributed by atoms with Crippen molar-refractivity contribution in [2.24, 2.45) is 5.92 Å². The van der Waals surface area contributed by atoms with Crippen LogP contribution in [-0.4, -0.2) is 31.7 Å². The van der Waals surface area contributed by atoms with Crippen LogP contribution in [0.4, 0.5) is 0 Å². The van der Waals surface area contributed by atoms with Crippen molar-refractivity contribution in [1.82, 2.24) is 5.32 Å². The van der Waals surface area contributed by atoms with Gasteiger partial charge in [-0.15, -0.1) is 0 Å². The van der Waals surface area contributed by atoms with Gasteiger partial charge in [0.15, 0.2) is 0 Å². The maximum Gasteiger partial charge on any atom is 0.133 e. The van der Waals surface area contributed by atoms with Crippen LogP contribution in [0.25, 0.3) is 0 Å². The van der Waals surface area contributed by atoms with Crippen molar-refractivity contribution < 1.29 is 4.74 Å². The first-order valence-corrected chi connectivity index (χ1v) is 9.25. The molecule has 1 unspecified atom stereocenters. The summed E-state index contributed by atoms with van der Waals surface area (Å²) in [4.78, 5) is 0. The molecule has 1 aliphatic heterocycles. The predicted octanol–water partition coefficient (Wildman–Crippen LogP) is 4.12. The van der Waals surface area contributed by atoms with E-state index in [1.54, 1.807) is 7.11 Å². The molecule has 1 heterocycles. The minimum Gasteiger partial charge on any atom is -0.496 e. The number of ether oxygens (including phenoxy) is 1. The monoisotopic (exact) mass is 357 g/mol. The minimum atomic E-state index is 0.573. The van der Waals surface area contributed by atoms with Crippen LogP contribution in [0.5, 0.6) is 5.75 Å².